The highest BCUT2D eigenvalue weighted by molar-refractivity contribution is 5.95. The fourth-order valence-electron chi connectivity index (χ4n) is 3.43. The van der Waals surface area contributed by atoms with Crippen molar-refractivity contribution in [2.75, 3.05) is 0 Å². The zero-order valence-electron chi connectivity index (χ0n) is 15.8. The zero-order chi connectivity index (χ0) is 20.4. The van der Waals surface area contributed by atoms with E-state index in [1.54, 1.807) is 6.92 Å². The van der Waals surface area contributed by atoms with Gasteiger partial charge < -0.3 is 10.2 Å². The molecule has 0 saturated heterocycles. The number of hydrogen-bond donors (Lipinski definition) is 2. The van der Waals surface area contributed by atoms with Crippen LogP contribution in [0.15, 0.2) is 12.2 Å². The maximum Gasteiger partial charge on any atom is 0.309 e. The lowest BCUT2D eigenvalue weighted by atomic mass is 9.88. The number of aliphatic carboxylic acids is 1. The highest BCUT2D eigenvalue weighted by Gasteiger charge is 2.41. The fourth-order valence-corrected chi connectivity index (χ4v) is 3.43. The van der Waals surface area contributed by atoms with E-state index in [1.165, 1.54) is 6.08 Å². The summed E-state index contributed by atoms with van der Waals surface area (Å²) in [5.41, 5.74) is 0. The molecule has 3 atom stereocenters. The van der Waals surface area contributed by atoms with Crippen LogP contribution in [-0.4, -0.2) is 39.8 Å². The second-order valence-corrected chi connectivity index (χ2v) is 7.30. The summed E-state index contributed by atoms with van der Waals surface area (Å²) < 4.78 is 27.5. The number of carboxylic acids is 1. The first kappa shape index (κ1) is 23.4. The topological polar surface area (TPSA) is 91.7 Å². The molecule has 1 aliphatic carbocycles. The van der Waals surface area contributed by atoms with Crippen molar-refractivity contribution >= 4 is 17.5 Å². The predicted octanol–water partition coefficient (Wildman–Crippen LogP) is 3.93. The molecule has 0 aromatic heterocycles. The normalized spacial score (nSPS) is 23.3. The Hall–Kier alpha value is -1.63. The first-order valence-corrected chi connectivity index (χ1v) is 9.72. The molecule has 5 nitrogen and oxygen atoms in total. The molecule has 0 unspecified atom stereocenters. The minimum atomic E-state index is -3.42. The number of aliphatic hydroxyl groups excluding tert-OH is 1. The molecule has 0 heterocycles. The summed E-state index contributed by atoms with van der Waals surface area (Å²) >= 11 is 0. The Kier molecular flexibility index (Phi) is 9.77. The van der Waals surface area contributed by atoms with E-state index < -0.39 is 42.0 Å². The SMILES string of the molecule is CCCCC(F)(F)C(=O)/C=C/[C@H]1[C@H](O)CC(=O)[C@@H]1CCCCCCC(=O)O. The predicted molar refractivity (Wildman–Crippen MR) is 96.6 cm³/mol. The smallest absolute Gasteiger partial charge is 0.309 e. The van der Waals surface area contributed by atoms with Crippen LogP contribution in [0, 0.1) is 11.8 Å². The third-order valence-electron chi connectivity index (χ3n) is 5.06. The van der Waals surface area contributed by atoms with Gasteiger partial charge >= 0.3 is 11.9 Å². The average molecular weight is 388 g/mol. The van der Waals surface area contributed by atoms with E-state index in [0.29, 0.717) is 25.7 Å². The van der Waals surface area contributed by atoms with Gasteiger partial charge in [-0.25, -0.2) is 0 Å². The number of carbonyl (C=O) groups excluding carboxylic acids is 2. The van der Waals surface area contributed by atoms with Gasteiger partial charge in [-0.1, -0.05) is 38.7 Å². The summed E-state index contributed by atoms with van der Waals surface area (Å²) in [6, 6.07) is 0. The number of unbranched alkanes of at least 4 members (excludes halogenated alkanes) is 4. The molecular weight excluding hydrogens is 358 g/mol. The van der Waals surface area contributed by atoms with E-state index in [4.69, 9.17) is 5.11 Å². The minimum absolute atomic E-state index is 0.0287. The standard InChI is InChI=1S/C20H30F2O5/c1-2-3-12-20(21,22)18(25)11-10-15-14(16(23)13-17(15)24)8-6-4-5-7-9-19(26)27/h10-11,14-15,17,24H,2-9,12-13H2,1H3,(H,26,27)/b11-10+/t14-,15-,17-/m1/s1. The number of halogens is 2. The van der Waals surface area contributed by atoms with E-state index in [1.807, 2.05) is 0 Å². The molecule has 0 bridgehead atoms. The van der Waals surface area contributed by atoms with Crippen molar-refractivity contribution in [3.8, 4) is 0 Å². The van der Waals surface area contributed by atoms with Gasteiger partial charge in [0.1, 0.15) is 5.78 Å². The van der Waals surface area contributed by atoms with Crippen molar-refractivity contribution in [2.45, 2.75) is 83.2 Å². The van der Waals surface area contributed by atoms with Crippen molar-refractivity contribution in [1.29, 1.82) is 0 Å². The molecule has 7 heteroatoms. The van der Waals surface area contributed by atoms with Crippen molar-refractivity contribution < 1.29 is 33.4 Å². The van der Waals surface area contributed by atoms with Gasteiger partial charge in [0.25, 0.3) is 0 Å². The molecule has 1 fully saturated rings. The first-order valence-electron chi connectivity index (χ1n) is 9.72. The molecule has 0 aliphatic heterocycles. The molecule has 0 radical (unpaired) electrons. The van der Waals surface area contributed by atoms with E-state index in [9.17, 15) is 28.3 Å². The number of hydrogen-bond acceptors (Lipinski definition) is 4. The van der Waals surface area contributed by atoms with Gasteiger partial charge in [0.2, 0.25) is 5.78 Å². The van der Waals surface area contributed by atoms with Crippen LogP contribution in [0.2, 0.25) is 0 Å². The van der Waals surface area contributed by atoms with Gasteiger partial charge in [-0.2, -0.15) is 8.78 Å². The quantitative estimate of drug-likeness (QED) is 0.368. The van der Waals surface area contributed by atoms with Crippen LogP contribution in [0.3, 0.4) is 0 Å². The molecule has 27 heavy (non-hydrogen) atoms. The highest BCUT2D eigenvalue weighted by atomic mass is 19.3. The van der Waals surface area contributed by atoms with E-state index in [2.05, 4.69) is 0 Å². The Morgan fingerprint density at radius 3 is 2.48 bits per heavy atom. The second-order valence-electron chi connectivity index (χ2n) is 7.30. The Morgan fingerprint density at radius 2 is 1.85 bits per heavy atom. The number of alkyl halides is 2. The number of aliphatic hydroxyl groups is 1. The summed E-state index contributed by atoms with van der Waals surface area (Å²) in [5, 5.41) is 18.6. The van der Waals surface area contributed by atoms with Gasteiger partial charge in [-0.3, -0.25) is 14.4 Å². The molecule has 0 amide bonds. The van der Waals surface area contributed by atoms with Crippen LogP contribution < -0.4 is 0 Å². The summed E-state index contributed by atoms with van der Waals surface area (Å²) in [4.78, 5) is 34.3. The number of carboxylic acid groups (broad SMARTS) is 1. The van der Waals surface area contributed by atoms with Crippen molar-refractivity contribution in [3.63, 3.8) is 0 Å². The van der Waals surface area contributed by atoms with Gasteiger partial charge in [-0.15, -0.1) is 0 Å². The summed E-state index contributed by atoms with van der Waals surface area (Å²) in [6.45, 7) is 1.77. The maximum absolute atomic E-state index is 13.8. The Labute approximate surface area is 158 Å². The average Bonchev–Trinajstić information content (AvgIpc) is 2.86. The minimum Gasteiger partial charge on any atom is -0.481 e. The fraction of sp³-hybridized carbons (Fsp3) is 0.750. The lowest BCUT2D eigenvalue weighted by molar-refractivity contribution is -0.138. The third-order valence-corrected chi connectivity index (χ3v) is 5.06. The Balaban J connectivity index is 2.56. The molecule has 0 aromatic carbocycles. The molecule has 2 N–H and O–H groups in total. The lowest BCUT2D eigenvalue weighted by Crippen LogP contribution is -2.27. The summed E-state index contributed by atoms with van der Waals surface area (Å²) in [7, 11) is 0. The number of carbonyl (C=O) groups is 3. The number of ketones is 2. The first-order chi connectivity index (χ1) is 12.7. The second kappa shape index (κ2) is 11.3. The van der Waals surface area contributed by atoms with Crippen molar-refractivity contribution in [3.05, 3.63) is 12.2 Å². The van der Waals surface area contributed by atoms with Crippen LogP contribution in [0.5, 0.6) is 0 Å². The molecular formula is C20H30F2O5. The Bertz CT molecular complexity index is 544. The molecule has 1 saturated carbocycles. The largest absolute Gasteiger partial charge is 0.481 e. The van der Waals surface area contributed by atoms with Crippen LogP contribution >= 0.6 is 0 Å². The zero-order valence-corrected chi connectivity index (χ0v) is 15.8. The lowest BCUT2D eigenvalue weighted by Gasteiger charge is -2.18. The monoisotopic (exact) mass is 388 g/mol. The van der Waals surface area contributed by atoms with Gasteiger partial charge in [0.05, 0.1) is 6.10 Å². The third kappa shape index (κ3) is 7.87. The number of allylic oxidation sites excluding steroid dienone is 1. The van der Waals surface area contributed by atoms with Gasteiger partial charge in [-0.05, 0) is 25.3 Å². The van der Waals surface area contributed by atoms with Crippen molar-refractivity contribution in [1.82, 2.24) is 0 Å². The van der Waals surface area contributed by atoms with E-state index >= 15 is 0 Å². The Morgan fingerprint density at radius 1 is 1.19 bits per heavy atom. The highest BCUT2D eigenvalue weighted by Crippen LogP contribution is 2.34. The summed E-state index contributed by atoms with van der Waals surface area (Å²) in [5.74, 6) is -6.76. The molecule has 0 aromatic rings. The molecule has 0 spiro atoms. The van der Waals surface area contributed by atoms with Crippen LogP contribution in [-0.2, 0) is 14.4 Å². The molecule has 1 aliphatic rings. The maximum atomic E-state index is 13.8. The van der Waals surface area contributed by atoms with Crippen molar-refractivity contribution in [2.24, 2.45) is 11.8 Å². The van der Waals surface area contributed by atoms with E-state index in [-0.39, 0.29) is 25.0 Å². The van der Waals surface area contributed by atoms with Crippen LogP contribution in [0.1, 0.15) is 71.1 Å². The molecule has 154 valence electrons. The van der Waals surface area contributed by atoms with Crippen LogP contribution in [0.25, 0.3) is 0 Å². The van der Waals surface area contributed by atoms with E-state index in [0.717, 1.165) is 18.9 Å². The molecule has 1 rings (SSSR count). The van der Waals surface area contributed by atoms with Crippen LogP contribution in [0.4, 0.5) is 8.78 Å². The van der Waals surface area contributed by atoms with Gasteiger partial charge in [0.15, 0.2) is 0 Å². The summed E-state index contributed by atoms with van der Waals surface area (Å²) in [6.07, 6.45) is 4.79. The number of Topliss-reactive ketones (excluding diaryl/α,β-unsaturated/α-hetero) is 1. The van der Waals surface area contributed by atoms with Gasteiger partial charge in [0, 0.05) is 31.1 Å². The number of rotatable bonds is 13.